The molecule has 2 nitrogen and oxygen atoms in total. The average Bonchev–Trinajstić information content (AvgIpc) is 1.88. The van der Waals surface area contributed by atoms with Crippen LogP contribution in [0.2, 0.25) is 0 Å². The smallest absolute Gasteiger partial charge is 1.00 e. The summed E-state index contributed by atoms with van der Waals surface area (Å²) in [6.07, 6.45) is 0.112. The number of carboxylic acids is 1. The summed E-state index contributed by atoms with van der Waals surface area (Å²) in [7, 11) is 0. The van der Waals surface area contributed by atoms with Crippen molar-refractivity contribution in [2.24, 2.45) is 0 Å². The van der Waals surface area contributed by atoms with Gasteiger partial charge in [0.15, 0.2) is 0 Å². The van der Waals surface area contributed by atoms with Gasteiger partial charge in [-0.15, -0.1) is 0 Å². The van der Waals surface area contributed by atoms with Crippen LogP contribution >= 0.6 is 0 Å². The maximum absolute atomic E-state index is 10.2. The number of carbonyl (C=O) groups is 1. The quantitative estimate of drug-likeness (QED) is 0.471. The molecule has 1 rings (SSSR count). The van der Waals surface area contributed by atoms with Crippen LogP contribution in [0.4, 0.5) is 0 Å². The fourth-order valence-corrected chi connectivity index (χ4v) is 0.770. The number of rotatable bonds is 2. The van der Waals surface area contributed by atoms with Gasteiger partial charge in [0.25, 0.3) is 0 Å². The van der Waals surface area contributed by atoms with Gasteiger partial charge in [-0.05, 0) is 5.56 Å². The first kappa shape index (κ1) is 15.2. The maximum atomic E-state index is 10.2. The van der Waals surface area contributed by atoms with E-state index in [1.807, 2.05) is 18.2 Å². The van der Waals surface area contributed by atoms with E-state index in [0.29, 0.717) is 0 Å². The Hall–Kier alpha value is 0.690. The molecule has 1 N–H and O–H groups in total. The summed E-state index contributed by atoms with van der Waals surface area (Å²) < 4.78 is 0. The molecule has 0 radical (unpaired) electrons. The molecule has 1 aromatic rings. The summed E-state index contributed by atoms with van der Waals surface area (Å²) in [5.74, 6) is -0.786. The predicted molar refractivity (Wildman–Crippen MR) is 40.0 cm³/mol. The van der Waals surface area contributed by atoms with E-state index in [9.17, 15) is 4.79 Å². The van der Waals surface area contributed by atoms with Gasteiger partial charge in [0, 0.05) is 0 Å². The number of carboxylic acid groups (broad SMARTS) is 1. The van der Waals surface area contributed by atoms with Crippen LogP contribution < -0.4 is 59.1 Å². The summed E-state index contributed by atoms with van der Waals surface area (Å²) in [5.41, 5.74) is 0.843. The Morgan fingerprint density at radius 1 is 1.25 bits per heavy atom. The van der Waals surface area contributed by atoms with E-state index in [1.165, 1.54) is 0 Å². The van der Waals surface area contributed by atoms with Crippen LogP contribution in [0.5, 0.6) is 0 Å². The molecule has 0 atom stereocenters. The maximum Gasteiger partial charge on any atom is 1.00 e. The van der Waals surface area contributed by atoms with Crippen molar-refractivity contribution in [1.82, 2.24) is 0 Å². The van der Waals surface area contributed by atoms with Crippen LogP contribution in [0.3, 0.4) is 0 Å². The van der Waals surface area contributed by atoms with Gasteiger partial charge in [0.2, 0.25) is 0 Å². The first-order chi connectivity index (χ1) is 4.79. The van der Waals surface area contributed by atoms with E-state index in [1.54, 1.807) is 12.1 Å². The summed E-state index contributed by atoms with van der Waals surface area (Å²) in [5, 5.41) is 8.37. The second kappa shape index (κ2) is 8.30. The Balaban J connectivity index is -0.000000125. The Morgan fingerprint density at radius 3 is 2.17 bits per heavy atom. The van der Waals surface area contributed by atoms with Crippen molar-refractivity contribution < 1.29 is 71.9 Å². The minimum Gasteiger partial charge on any atom is -1.00 e. The zero-order valence-corrected chi connectivity index (χ0v) is 11.4. The number of hydrogen-bond donors (Lipinski definition) is 1. The van der Waals surface area contributed by atoms with Gasteiger partial charge in [-0.1, -0.05) is 30.3 Å². The molecule has 56 valence electrons. The van der Waals surface area contributed by atoms with E-state index in [2.05, 4.69) is 0 Å². The van der Waals surface area contributed by atoms with Crippen LogP contribution in [-0.4, -0.2) is 11.1 Å². The predicted octanol–water partition coefficient (Wildman–Crippen LogP) is -4.45. The van der Waals surface area contributed by atoms with Gasteiger partial charge in [-0.25, -0.2) is 0 Å². The molecule has 0 saturated carbocycles. The first-order valence-corrected chi connectivity index (χ1v) is 3.05. The van der Waals surface area contributed by atoms with Crippen LogP contribution in [-0.2, 0) is 11.2 Å². The number of hydrogen-bond acceptors (Lipinski definition) is 1. The van der Waals surface area contributed by atoms with Crippen LogP contribution in [0, 0.1) is 0 Å². The van der Waals surface area contributed by atoms with Gasteiger partial charge < -0.3 is 7.96 Å². The summed E-state index contributed by atoms with van der Waals surface area (Å²) in [6.45, 7) is 0. The van der Waals surface area contributed by atoms with Gasteiger partial charge in [0.1, 0.15) is 0 Å². The first-order valence-electron chi connectivity index (χ1n) is 3.05. The average molecular weight is 184 g/mol. The third kappa shape index (κ3) is 6.23. The van der Waals surface area contributed by atoms with Crippen molar-refractivity contribution in [3.8, 4) is 0 Å². The molecular formula is C8H10Na2O2. The van der Waals surface area contributed by atoms with Crippen molar-refractivity contribution in [2.45, 2.75) is 6.42 Å². The van der Waals surface area contributed by atoms with Crippen molar-refractivity contribution in [2.75, 3.05) is 0 Å². The molecule has 0 aliphatic rings. The molecule has 12 heavy (non-hydrogen) atoms. The number of benzene rings is 1. The zero-order valence-electron chi connectivity index (χ0n) is 9.45. The minimum absolute atomic E-state index is 0. The van der Waals surface area contributed by atoms with E-state index < -0.39 is 5.97 Å². The minimum atomic E-state index is -0.786. The molecular weight excluding hydrogens is 174 g/mol. The van der Waals surface area contributed by atoms with E-state index >= 15 is 0 Å². The molecule has 0 spiro atoms. The largest absolute Gasteiger partial charge is 1.00 e. The molecule has 0 saturated heterocycles. The van der Waals surface area contributed by atoms with Crippen LogP contribution in [0.15, 0.2) is 30.3 Å². The molecule has 0 unspecified atom stereocenters. The van der Waals surface area contributed by atoms with Crippen LogP contribution in [0.1, 0.15) is 8.42 Å². The fourth-order valence-electron chi connectivity index (χ4n) is 0.770. The molecule has 0 aromatic heterocycles. The molecule has 0 bridgehead atoms. The summed E-state index contributed by atoms with van der Waals surface area (Å²) in [4.78, 5) is 10.2. The van der Waals surface area contributed by atoms with Crippen molar-refractivity contribution in [3.05, 3.63) is 35.9 Å². The molecule has 1 aromatic carbocycles. The van der Waals surface area contributed by atoms with E-state index in [-0.39, 0.29) is 68.4 Å². The Kier molecular flexibility index (Phi) is 10.5. The van der Waals surface area contributed by atoms with Gasteiger partial charge in [0.05, 0.1) is 6.42 Å². The van der Waals surface area contributed by atoms with E-state index in [0.717, 1.165) is 5.56 Å². The summed E-state index contributed by atoms with van der Waals surface area (Å²) >= 11 is 0. The van der Waals surface area contributed by atoms with Gasteiger partial charge in [-0.2, -0.15) is 0 Å². The Bertz CT molecular complexity index is 232. The summed E-state index contributed by atoms with van der Waals surface area (Å²) in [6, 6.07) is 9.13. The Labute approximate surface area is 119 Å². The normalized spacial score (nSPS) is 7.67. The molecule has 0 fully saturated rings. The van der Waals surface area contributed by atoms with Gasteiger partial charge in [-0.3, -0.25) is 4.79 Å². The monoisotopic (exact) mass is 184 g/mol. The molecule has 0 aliphatic heterocycles. The fraction of sp³-hybridized carbons (Fsp3) is 0.125. The van der Waals surface area contributed by atoms with Gasteiger partial charge >= 0.3 is 65.1 Å². The molecule has 0 amide bonds. The standard InChI is InChI=1S/C8H8O2.2Na.2H/c9-8(10)6-7-4-2-1-3-5-7;;;;/h1-5H,6H2,(H,9,10);;;;/q;2*+1;2*-1. The molecule has 0 aliphatic carbocycles. The van der Waals surface area contributed by atoms with E-state index in [4.69, 9.17) is 5.11 Å². The van der Waals surface area contributed by atoms with Crippen molar-refractivity contribution >= 4 is 5.97 Å². The third-order valence-corrected chi connectivity index (χ3v) is 1.20. The van der Waals surface area contributed by atoms with Crippen molar-refractivity contribution in [1.29, 1.82) is 0 Å². The zero-order chi connectivity index (χ0) is 7.40. The second-order valence-corrected chi connectivity index (χ2v) is 2.06. The SMILES string of the molecule is O=C(O)Cc1ccccc1.[H-].[H-].[Na+].[Na+]. The third-order valence-electron chi connectivity index (χ3n) is 1.20. The molecule has 4 heteroatoms. The second-order valence-electron chi connectivity index (χ2n) is 2.06. The Morgan fingerprint density at radius 2 is 1.75 bits per heavy atom. The van der Waals surface area contributed by atoms with Crippen LogP contribution in [0.25, 0.3) is 0 Å². The molecule has 0 heterocycles. The number of aliphatic carboxylic acids is 1. The topological polar surface area (TPSA) is 37.3 Å². The van der Waals surface area contributed by atoms with Crippen molar-refractivity contribution in [3.63, 3.8) is 0 Å².